The summed E-state index contributed by atoms with van der Waals surface area (Å²) in [6, 6.07) is 18.8. The molecular weight excluding hydrogens is 320 g/mol. The molecule has 0 unspecified atom stereocenters. The summed E-state index contributed by atoms with van der Waals surface area (Å²) in [5.41, 5.74) is 3.05. The first-order valence-corrected chi connectivity index (χ1v) is 8.29. The minimum Gasteiger partial charge on any atom is -0.497 e. The molecule has 0 fully saturated rings. The van der Waals surface area contributed by atoms with Gasteiger partial charge in [0.25, 0.3) is 0 Å². The van der Waals surface area contributed by atoms with Crippen molar-refractivity contribution in [3.63, 3.8) is 0 Å². The average molecular weight is 334 g/mol. The van der Waals surface area contributed by atoms with Gasteiger partial charge in [0.1, 0.15) is 5.75 Å². The highest BCUT2D eigenvalue weighted by Gasteiger charge is 2.11. The van der Waals surface area contributed by atoms with Crippen LogP contribution in [0.2, 0.25) is 0 Å². The van der Waals surface area contributed by atoms with E-state index in [9.17, 15) is 4.79 Å². The lowest BCUT2D eigenvalue weighted by atomic mass is 10.2. The predicted octanol–water partition coefficient (Wildman–Crippen LogP) is 4.51. The smallest absolute Gasteiger partial charge is 0.203 e. The van der Waals surface area contributed by atoms with Crippen molar-refractivity contribution in [3.05, 3.63) is 70.9 Å². The number of nitrogens with one attached hydrogen (secondary N) is 1. The summed E-state index contributed by atoms with van der Waals surface area (Å²) >= 11 is 1.58. The van der Waals surface area contributed by atoms with Gasteiger partial charge in [0.05, 0.1) is 33.6 Å². The maximum atomic E-state index is 12.4. The summed E-state index contributed by atoms with van der Waals surface area (Å²) in [6.45, 7) is 0. The highest BCUT2D eigenvalue weighted by Crippen LogP contribution is 2.31. The van der Waals surface area contributed by atoms with Crippen LogP contribution in [0.3, 0.4) is 0 Å². The Kier molecular flexibility index (Phi) is 3.63. The quantitative estimate of drug-likeness (QED) is 0.560. The maximum absolute atomic E-state index is 12.4. The van der Waals surface area contributed by atoms with Gasteiger partial charge in [0, 0.05) is 11.8 Å². The Labute approximate surface area is 142 Å². The second kappa shape index (κ2) is 5.94. The van der Waals surface area contributed by atoms with Gasteiger partial charge in [-0.25, -0.2) is 4.98 Å². The molecule has 2 aliphatic rings. The van der Waals surface area contributed by atoms with Crippen molar-refractivity contribution in [1.82, 2.24) is 4.98 Å². The number of anilines is 2. The van der Waals surface area contributed by atoms with Gasteiger partial charge in [0.15, 0.2) is 0 Å². The number of benzene rings is 3. The summed E-state index contributed by atoms with van der Waals surface area (Å²) in [5, 5.41) is 3.16. The normalized spacial score (nSPS) is 10.9. The van der Waals surface area contributed by atoms with Gasteiger partial charge >= 0.3 is 0 Å². The molecule has 5 heteroatoms. The van der Waals surface area contributed by atoms with Crippen molar-refractivity contribution in [1.29, 1.82) is 0 Å². The van der Waals surface area contributed by atoms with Crippen molar-refractivity contribution in [2.45, 2.75) is 0 Å². The van der Waals surface area contributed by atoms with Crippen LogP contribution in [0, 0.1) is 0 Å². The first kappa shape index (κ1) is 14.7. The summed E-state index contributed by atoms with van der Waals surface area (Å²) in [6.07, 6.45) is 0. The fourth-order valence-electron chi connectivity index (χ4n) is 2.53. The minimum absolute atomic E-state index is 0.0494. The highest BCUT2D eigenvalue weighted by atomic mass is 32.1. The molecule has 4 nitrogen and oxygen atoms in total. The molecule has 2 aromatic carbocycles. The van der Waals surface area contributed by atoms with Gasteiger partial charge in [-0.05, 0) is 42.5 Å². The summed E-state index contributed by atoms with van der Waals surface area (Å²) in [7, 11) is 1.62. The number of para-hydroxylation sites is 1. The van der Waals surface area contributed by atoms with E-state index in [1.807, 2.05) is 54.6 Å². The van der Waals surface area contributed by atoms with E-state index < -0.39 is 0 Å². The molecule has 118 valence electrons. The van der Waals surface area contributed by atoms with E-state index in [-0.39, 0.29) is 5.43 Å². The van der Waals surface area contributed by atoms with E-state index in [0.717, 1.165) is 32.2 Å². The van der Waals surface area contributed by atoms with Crippen LogP contribution in [0.25, 0.3) is 20.8 Å². The zero-order valence-corrected chi connectivity index (χ0v) is 13.8. The third-order valence-corrected chi connectivity index (χ3v) is 4.87. The van der Waals surface area contributed by atoms with Crippen LogP contribution in [0.1, 0.15) is 0 Å². The summed E-state index contributed by atoms with van der Waals surface area (Å²) in [5.74, 6) is 0.774. The lowest BCUT2D eigenvalue weighted by Gasteiger charge is -2.10. The molecule has 0 bridgehead atoms. The van der Waals surface area contributed by atoms with Crippen molar-refractivity contribution in [2.75, 3.05) is 12.4 Å². The number of hydrogen-bond donors (Lipinski definition) is 1. The molecule has 2 aromatic rings. The second-order valence-corrected chi connectivity index (χ2v) is 6.43. The SMILES string of the molecule is COc1ccc(Nc2cc3nc4ccccc4sc-3cc2=O)cc1. The van der Waals surface area contributed by atoms with Crippen LogP contribution in [0.5, 0.6) is 5.75 Å². The third-order valence-electron chi connectivity index (χ3n) is 3.76. The molecule has 0 radical (unpaired) electrons. The number of ether oxygens (including phenoxy) is 1. The number of aromatic nitrogens is 1. The van der Waals surface area contributed by atoms with Gasteiger partial charge in [-0.1, -0.05) is 12.1 Å². The number of nitrogens with zero attached hydrogens (tertiary/aromatic N) is 1. The number of rotatable bonds is 3. The Hall–Kier alpha value is -2.92. The number of hydrogen-bond acceptors (Lipinski definition) is 5. The molecule has 0 aromatic heterocycles. The van der Waals surface area contributed by atoms with Gasteiger partial charge < -0.3 is 10.1 Å². The maximum Gasteiger partial charge on any atom is 0.203 e. The molecule has 0 amide bonds. The topological polar surface area (TPSA) is 51.2 Å². The fourth-order valence-corrected chi connectivity index (χ4v) is 3.51. The van der Waals surface area contributed by atoms with Crippen LogP contribution in [-0.4, -0.2) is 12.1 Å². The van der Waals surface area contributed by atoms with Crippen molar-refractivity contribution in [3.8, 4) is 16.3 Å². The average Bonchev–Trinajstić information content (AvgIpc) is 2.61. The van der Waals surface area contributed by atoms with E-state index >= 15 is 0 Å². The van der Waals surface area contributed by atoms with Crippen molar-refractivity contribution in [2.24, 2.45) is 0 Å². The molecule has 0 saturated heterocycles. The van der Waals surface area contributed by atoms with Gasteiger partial charge in [-0.15, -0.1) is 11.3 Å². The molecule has 24 heavy (non-hydrogen) atoms. The lowest BCUT2D eigenvalue weighted by Crippen LogP contribution is -2.08. The highest BCUT2D eigenvalue weighted by molar-refractivity contribution is 7.21. The van der Waals surface area contributed by atoms with E-state index in [4.69, 9.17) is 4.74 Å². The van der Waals surface area contributed by atoms with Crippen LogP contribution in [-0.2, 0) is 0 Å². The minimum atomic E-state index is -0.0494. The molecule has 1 heterocycles. The van der Waals surface area contributed by atoms with E-state index in [1.54, 1.807) is 24.5 Å². The van der Waals surface area contributed by atoms with Crippen molar-refractivity contribution < 1.29 is 4.74 Å². The van der Waals surface area contributed by atoms with Crippen LogP contribution in [0.4, 0.5) is 11.4 Å². The predicted molar refractivity (Wildman–Crippen MR) is 98.8 cm³/mol. The molecule has 1 aliphatic heterocycles. The van der Waals surface area contributed by atoms with Crippen LogP contribution >= 0.6 is 11.3 Å². The molecule has 0 atom stereocenters. The van der Waals surface area contributed by atoms with Crippen LogP contribution in [0.15, 0.2) is 65.5 Å². The Morgan fingerprint density at radius 2 is 1.83 bits per heavy atom. The zero-order valence-electron chi connectivity index (χ0n) is 12.9. The molecule has 1 N–H and O–H groups in total. The Bertz CT molecular complexity index is 1040. The third kappa shape index (κ3) is 2.70. The second-order valence-electron chi connectivity index (χ2n) is 5.35. The Balaban J connectivity index is 1.77. The standard InChI is InChI=1S/C19H14N2O2S/c1-23-13-8-6-12(7-9-13)20-15-10-16-19(11-17(15)22)24-18-5-3-2-4-14(18)21-16/h2-11,20H,1H3. The zero-order chi connectivity index (χ0) is 16.5. The van der Waals surface area contributed by atoms with Crippen molar-refractivity contribution >= 4 is 32.9 Å². The number of fused-ring (bicyclic) bond motifs is 2. The van der Waals surface area contributed by atoms with E-state index in [2.05, 4.69) is 10.3 Å². The first-order valence-electron chi connectivity index (χ1n) is 7.48. The molecule has 0 saturated carbocycles. The lowest BCUT2D eigenvalue weighted by molar-refractivity contribution is 0.415. The van der Waals surface area contributed by atoms with Gasteiger partial charge in [-0.2, -0.15) is 0 Å². The summed E-state index contributed by atoms with van der Waals surface area (Å²) < 4.78 is 6.21. The number of methoxy groups -OCH3 is 1. The molecule has 4 rings (SSSR count). The van der Waals surface area contributed by atoms with E-state index in [0.29, 0.717) is 5.69 Å². The van der Waals surface area contributed by atoms with Gasteiger partial charge in [-0.3, -0.25) is 4.79 Å². The molecule has 0 spiro atoms. The van der Waals surface area contributed by atoms with E-state index in [1.165, 1.54) is 0 Å². The monoisotopic (exact) mass is 334 g/mol. The largest absolute Gasteiger partial charge is 0.497 e. The van der Waals surface area contributed by atoms with Crippen LogP contribution < -0.4 is 15.5 Å². The Morgan fingerprint density at radius 3 is 2.62 bits per heavy atom. The first-order chi connectivity index (χ1) is 11.7. The molecular formula is C19H14N2O2S. The summed E-state index contributed by atoms with van der Waals surface area (Å²) in [4.78, 5) is 17.9. The molecule has 1 aliphatic carbocycles. The van der Waals surface area contributed by atoms with Gasteiger partial charge in [0.2, 0.25) is 5.43 Å². The Morgan fingerprint density at radius 1 is 1.04 bits per heavy atom. The fraction of sp³-hybridized carbons (Fsp3) is 0.0526.